The standard InChI is InChI=1S/C24H26ClN3O4/c1-32-19-8-4-17(5-9-19)22(29)20-21(16-2-6-18(25)7-3-16)28(24(31)23(20)30)15-14-27-12-10-26-11-13-27/h2-9,21,26,29H,10-15H2,1H3/t21-/m0/s1. The molecule has 32 heavy (non-hydrogen) atoms. The maximum Gasteiger partial charge on any atom is 0.295 e. The molecule has 0 unspecified atom stereocenters. The molecule has 0 saturated carbocycles. The van der Waals surface area contributed by atoms with Crippen LogP contribution in [0.4, 0.5) is 0 Å². The first-order valence-electron chi connectivity index (χ1n) is 10.6. The van der Waals surface area contributed by atoms with E-state index in [4.69, 9.17) is 16.3 Å². The molecule has 1 atom stereocenters. The molecule has 7 nitrogen and oxygen atoms in total. The van der Waals surface area contributed by atoms with Gasteiger partial charge in [0.05, 0.1) is 18.7 Å². The highest BCUT2D eigenvalue weighted by molar-refractivity contribution is 6.46. The minimum absolute atomic E-state index is 0.0859. The van der Waals surface area contributed by atoms with Gasteiger partial charge in [0.1, 0.15) is 11.5 Å². The molecule has 168 valence electrons. The number of benzene rings is 2. The predicted molar refractivity (Wildman–Crippen MR) is 123 cm³/mol. The molecule has 0 aromatic heterocycles. The molecule has 2 aliphatic heterocycles. The van der Waals surface area contributed by atoms with Crippen molar-refractivity contribution in [2.24, 2.45) is 0 Å². The van der Waals surface area contributed by atoms with E-state index < -0.39 is 17.7 Å². The van der Waals surface area contributed by atoms with Gasteiger partial charge in [-0.25, -0.2) is 0 Å². The van der Waals surface area contributed by atoms with E-state index in [0.29, 0.717) is 29.4 Å². The zero-order valence-corrected chi connectivity index (χ0v) is 18.6. The van der Waals surface area contributed by atoms with E-state index in [1.165, 1.54) is 0 Å². The fraction of sp³-hybridized carbons (Fsp3) is 0.333. The van der Waals surface area contributed by atoms with E-state index >= 15 is 0 Å². The van der Waals surface area contributed by atoms with Crippen LogP contribution in [-0.4, -0.2) is 73.0 Å². The van der Waals surface area contributed by atoms with Crippen LogP contribution >= 0.6 is 11.6 Å². The van der Waals surface area contributed by atoms with Crippen molar-refractivity contribution in [3.8, 4) is 5.75 Å². The van der Waals surface area contributed by atoms with Crippen LogP contribution in [0.25, 0.3) is 5.76 Å². The molecular weight excluding hydrogens is 430 g/mol. The van der Waals surface area contributed by atoms with Gasteiger partial charge < -0.3 is 20.1 Å². The molecule has 0 radical (unpaired) electrons. The summed E-state index contributed by atoms with van der Waals surface area (Å²) in [5.74, 6) is -0.850. The number of hydrogen-bond donors (Lipinski definition) is 2. The van der Waals surface area contributed by atoms with Gasteiger partial charge in [-0.3, -0.25) is 14.5 Å². The number of rotatable bonds is 6. The second-order valence-electron chi connectivity index (χ2n) is 7.86. The van der Waals surface area contributed by atoms with Crippen LogP contribution in [0.15, 0.2) is 54.1 Å². The number of methoxy groups -OCH3 is 1. The highest BCUT2D eigenvalue weighted by Gasteiger charge is 2.46. The van der Waals surface area contributed by atoms with Gasteiger partial charge in [0.15, 0.2) is 0 Å². The Balaban J connectivity index is 1.71. The summed E-state index contributed by atoms with van der Waals surface area (Å²) in [6, 6.07) is 13.1. The molecule has 2 N–H and O–H groups in total. The van der Waals surface area contributed by atoms with E-state index in [1.807, 2.05) is 0 Å². The summed E-state index contributed by atoms with van der Waals surface area (Å²) in [6.07, 6.45) is 0. The highest BCUT2D eigenvalue weighted by Crippen LogP contribution is 2.39. The molecule has 2 aromatic rings. The Hall–Kier alpha value is -2.87. The fourth-order valence-corrected chi connectivity index (χ4v) is 4.32. The second kappa shape index (κ2) is 9.73. The summed E-state index contributed by atoms with van der Waals surface area (Å²) in [4.78, 5) is 29.9. The fourth-order valence-electron chi connectivity index (χ4n) is 4.19. The van der Waals surface area contributed by atoms with Gasteiger partial charge in [-0.15, -0.1) is 0 Å². The number of nitrogens with one attached hydrogen (secondary N) is 1. The van der Waals surface area contributed by atoms with Crippen molar-refractivity contribution < 1.29 is 19.4 Å². The zero-order valence-electron chi connectivity index (χ0n) is 17.9. The molecular formula is C24H26ClN3O4. The van der Waals surface area contributed by atoms with Gasteiger partial charge in [-0.2, -0.15) is 0 Å². The molecule has 1 amide bonds. The summed E-state index contributed by atoms with van der Waals surface area (Å²) in [7, 11) is 1.55. The van der Waals surface area contributed by atoms with Crippen LogP contribution in [0.5, 0.6) is 5.75 Å². The largest absolute Gasteiger partial charge is 0.507 e. The Morgan fingerprint density at radius 1 is 1.06 bits per heavy atom. The van der Waals surface area contributed by atoms with Gasteiger partial charge in [0.2, 0.25) is 0 Å². The average Bonchev–Trinajstić information content (AvgIpc) is 3.08. The van der Waals surface area contributed by atoms with Crippen LogP contribution in [0.1, 0.15) is 17.2 Å². The molecule has 2 fully saturated rings. The molecule has 2 heterocycles. The van der Waals surface area contributed by atoms with Crippen molar-refractivity contribution in [3.05, 3.63) is 70.3 Å². The lowest BCUT2D eigenvalue weighted by molar-refractivity contribution is -0.140. The predicted octanol–water partition coefficient (Wildman–Crippen LogP) is 2.68. The highest BCUT2D eigenvalue weighted by atomic mass is 35.5. The summed E-state index contributed by atoms with van der Waals surface area (Å²) in [6.45, 7) is 4.62. The monoisotopic (exact) mass is 455 g/mol. The zero-order chi connectivity index (χ0) is 22.7. The van der Waals surface area contributed by atoms with E-state index in [2.05, 4.69) is 10.2 Å². The normalized spacial score (nSPS) is 21.2. The van der Waals surface area contributed by atoms with Crippen molar-refractivity contribution in [3.63, 3.8) is 0 Å². The number of piperazine rings is 1. The number of nitrogens with zero attached hydrogens (tertiary/aromatic N) is 2. The topological polar surface area (TPSA) is 82.1 Å². The van der Waals surface area contributed by atoms with E-state index in [9.17, 15) is 14.7 Å². The third kappa shape index (κ3) is 4.50. The summed E-state index contributed by atoms with van der Waals surface area (Å²) < 4.78 is 5.17. The van der Waals surface area contributed by atoms with Gasteiger partial charge in [-0.1, -0.05) is 23.7 Å². The lowest BCUT2D eigenvalue weighted by atomic mass is 9.95. The first-order chi connectivity index (χ1) is 15.5. The maximum absolute atomic E-state index is 13.1. The molecule has 2 saturated heterocycles. The van der Waals surface area contributed by atoms with Gasteiger partial charge in [-0.05, 0) is 42.0 Å². The van der Waals surface area contributed by atoms with E-state index in [0.717, 1.165) is 31.7 Å². The van der Waals surface area contributed by atoms with Crippen LogP contribution in [-0.2, 0) is 9.59 Å². The minimum Gasteiger partial charge on any atom is -0.507 e. The Bertz CT molecular complexity index is 1010. The molecule has 0 aliphatic carbocycles. The third-order valence-corrected chi connectivity index (χ3v) is 6.21. The Kier molecular flexibility index (Phi) is 6.79. The summed E-state index contributed by atoms with van der Waals surface area (Å²) >= 11 is 6.06. The lowest BCUT2D eigenvalue weighted by Crippen LogP contribution is -2.46. The second-order valence-corrected chi connectivity index (χ2v) is 8.30. The van der Waals surface area contributed by atoms with Crippen molar-refractivity contribution in [2.75, 3.05) is 46.4 Å². The number of ether oxygens (including phenoxy) is 1. The average molecular weight is 456 g/mol. The number of aliphatic hydroxyl groups is 1. The molecule has 8 heteroatoms. The van der Waals surface area contributed by atoms with Crippen LogP contribution in [0, 0.1) is 0 Å². The number of aliphatic hydroxyl groups excluding tert-OH is 1. The van der Waals surface area contributed by atoms with E-state index in [1.54, 1.807) is 60.5 Å². The Labute approximate surface area is 192 Å². The lowest BCUT2D eigenvalue weighted by Gasteiger charge is -2.31. The van der Waals surface area contributed by atoms with Gasteiger partial charge in [0, 0.05) is 49.9 Å². The number of likely N-dealkylation sites (tertiary alicyclic amines) is 1. The van der Waals surface area contributed by atoms with Crippen molar-refractivity contribution in [1.29, 1.82) is 0 Å². The maximum atomic E-state index is 13.1. The Morgan fingerprint density at radius 2 is 1.72 bits per heavy atom. The van der Waals surface area contributed by atoms with Crippen LogP contribution in [0.3, 0.4) is 0 Å². The summed E-state index contributed by atoms with van der Waals surface area (Å²) in [5, 5.41) is 15.0. The number of carbonyl (C=O) groups is 2. The molecule has 0 spiro atoms. The van der Waals surface area contributed by atoms with Crippen molar-refractivity contribution in [2.45, 2.75) is 6.04 Å². The number of ketones is 1. The van der Waals surface area contributed by atoms with Crippen LogP contribution in [0.2, 0.25) is 5.02 Å². The molecule has 2 aliphatic rings. The smallest absolute Gasteiger partial charge is 0.295 e. The number of Topliss-reactive ketones (excluding diaryl/α,β-unsaturated/α-hetero) is 1. The number of amides is 1. The number of halogens is 1. The molecule has 0 bridgehead atoms. The quantitative estimate of drug-likeness (QED) is 0.396. The molecule has 2 aromatic carbocycles. The first kappa shape index (κ1) is 22.3. The summed E-state index contributed by atoms with van der Waals surface area (Å²) in [5.41, 5.74) is 1.26. The van der Waals surface area contributed by atoms with Crippen molar-refractivity contribution in [1.82, 2.24) is 15.1 Å². The van der Waals surface area contributed by atoms with Gasteiger partial charge >= 0.3 is 0 Å². The first-order valence-corrected chi connectivity index (χ1v) is 11.0. The molecule has 4 rings (SSSR count). The number of carbonyl (C=O) groups excluding carboxylic acids is 2. The number of hydrogen-bond acceptors (Lipinski definition) is 6. The van der Waals surface area contributed by atoms with E-state index in [-0.39, 0.29) is 11.3 Å². The van der Waals surface area contributed by atoms with Crippen molar-refractivity contribution >= 4 is 29.1 Å². The SMILES string of the molecule is COc1ccc(C(O)=C2C(=O)C(=O)N(CCN3CCNCC3)[C@H]2c2ccc(Cl)cc2)cc1. The third-order valence-electron chi connectivity index (χ3n) is 5.96. The van der Waals surface area contributed by atoms with Gasteiger partial charge in [0.25, 0.3) is 11.7 Å². The Morgan fingerprint density at radius 3 is 2.34 bits per heavy atom. The minimum atomic E-state index is -0.683. The van der Waals surface area contributed by atoms with Crippen LogP contribution < -0.4 is 10.1 Å².